The fraction of sp³-hybridized carbons (Fsp3) is 0.385. The van der Waals surface area contributed by atoms with Gasteiger partial charge in [-0.25, -0.2) is 4.68 Å². The summed E-state index contributed by atoms with van der Waals surface area (Å²) in [6.07, 6.45) is 3.05. The fourth-order valence-corrected chi connectivity index (χ4v) is 5.50. The van der Waals surface area contributed by atoms with Crippen LogP contribution in [0.4, 0.5) is 5.69 Å². The zero-order valence-electron chi connectivity index (χ0n) is 19.5. The first kappa shape index (κ1) is 21.0. The van der Waals surface area contributed by atoms with Crippen molar-refractivity contribution in [2.24, 2.45) is 0 Å². The molecule has 1 saturated heterocycles. The molecule has 0 aliphatic carbocycles. The van der Waals surface area contributed by atoms with Crippen LogP contribution in [0.1, 0.15) is 47.0 Å². The first-order chi connectivity index (χ1) is 16.6. The number of para-hydroxylation sites is 1. The van der Waals surface area contributed by atoms with Crippen LogP contribution in [0.15, 0.2) is 47.3 Å². The molecule has 2 aliphatic heterocycles. The van der Waals surface area contributed by atoms with Crippen LogP contribution in [0, 0.1) is 13.8 Å². The van der Waals surface area contributed by atoms with Crippen molar-refractivity contribution in [2.75, 3.05) is 18.1 Å². The van der Waals surface area contributed by atoms with E-state index in [1.54, 1.807) is 0 Å². The van der Waals surface area contributed by atoms with Gasteiger partial charge in [-0.1, -0.05) is 29.8 Å². The number of hydrogen-bond acceptors (Lipinski definition) is 6. The van der Waals surface area contributed by atoms with Crippen LogP contribution in [0.2, 0.25) is 0 Å². The molecule has 0 saturated carbocycles. The number of aromatic amines is 1. The minimum atomic E-state index is -0.408. The minimum absolute atomic E-state index is 0.0916. The number of benzene rings is 2. The standard InChI is InChI=1S/C26H28N6O2/c1-16-12-17(2)23-19(13-16)14-21(26(33)27-23)24(31-10-9-18-6-3-4-8-22(18)31)25-28-29-30-32(25)15-20-7-5-11-34-20/h3-4,6,8,12-14,20,24H,5,7,9-11,15H2,1-2H3,(H,27,33)/t20-,24-/m1/s1. The predicted octanol–water partition coefficient (Wildman–Crippen LogP) is 3.46. The van der Waals surface area contributed by atoms with Gasteiger partial charge in [-0.05, 0) is 78.2 Å². The highest BCUT2D eigenvalue weighted by Gasteiger charge is 2.35. The van der Waals surface area contributed by atoms with Gasteiger partial charge in [0.2, 0.25) is 0 Å². The van der Waals surface area contributed by atoms with Crippen molar-refractivity contribution < 1.29 is 4.74 Å². The molecule has 0 amide bonds. The molecule has 34 heavy (non-hydrogen) atoms. The molecular formula is C26H28N6O2. The molecule has 0 unspecified atom stereocenters. The quantitative estimate of drug-likeness (QED) is 0.495. The molecule has 1 fully saturated rings. The van der Waals surface area contributed by atoms with Gasteiger partial charge in [-0.3, -0.25) is 4.79 Å². The fourth-order valence-electron chi connectivity index (χ4n) is 5.50. The molecular weight excluding hydrogens is 428 g/mol. The zero-order valence-corrected chi connectivity index (χ0v) is 19.5. The summed E-state index contributed by atoms with van der Waals surface area (Å²) >= 11 is 0. The highest BCUT2D eigenvalue weighted by Crippen LogP contribution is 2.37. The van der Waals surface area contributed by atoms with Crippen LogP contribution in [-0.2, 0) is 17.7 Å². The monoisotopic (exact) mass is 456 g/mol. The number of anilines is 1. The lowest BCUT2D eigenvalue weighted by Gasteiger charge is -2.30. The minimum Gasteiger partial charge on any atom is -0.376 e. The number of nitrogens with one attached hydrogen (secondary N) is 1. The van der Waals surface area contributed by atoms with Crippen molar-refractivity contribution in [2.45, 2.75) is 51.8 Å². The molecule has 0 bridgehead atoms. The number of ether oxygens (including phenoxy) is 1. The Labute approximate surface area is 197 Å². The Balaban J connectivity index is 1.53. The number of hydrogen-bond donors (Lipinski definition) is 1. The molecule has 2 aromatic heterocycles. The summed E-state index contributed by atoms with van der Waals surface area (Å²) in [7, 11) is 0. The number of aromatic nitrogens is 5. The molecule has 2 aromatic carbocycles. The predicted molar refractivity (Wildman–Crippen MR) is 130 cm³/mol. The molecule has 0 radical (unpaired) electrons. The second kappa shape index (κ2) is 8.36. The van der Waals surface area contributed by atoms with E-state index in [4.69, 9.17) is 4.74 Å². The molecule has 2 atom stereocenters. The van der Waals surface area contributed by atoms with Crippen molar-refractivity contribution >= 4 is 16.6 Å². The largest absolute Gasteiger partial charge is 0.376 e. The maximum atomic E-state index is 13.5. The summed E-state index contributed by atoms with van der Waals surface area (Å²) in [5.74, 6) is 0.668. The normalized spacial score (nSPS) is 18.5. The summed E-state index contributed by atoms with van der Waals surface area (Å²) in [5, 5.41) is 13.8. The number of tetrazole rings is 1. The van der Waals surface area contributed by atoms with Gasteiger partial charge in [0.15, 0.2) is 5.82 Å². The Morgan fingerprint density at radius 2 is 2.09 bits per heavy atom. The Morgan fingerprint density at radius 1 is 1.21 bits per heavy atom. The van der Waals surface area contributed by atoms with Crippen molar-refractivity contribution in [1.82, 2.24) is 25.2 Å². The SMILES string of the molecule is Cc1cc(C)c2[nH]c(=O)c([C@H](c3nnnn3C[C@H]3CCCO3)N3CCc4ccccc43)cc2c1. The van der Waals surface area contributed by atoms with Crippen molar-refractivity contribution in [3.8, 4) is 0 Å². The maximum absolute atomic E-state index is 13.5. The molecule has 0 spiro atoms. The first-order valence-electron chi connectivity index (χ1n) is 11.9. The van der Waals surface area contributed by atoms with Crippen molar-refractivity contribution in [1.29, 1.82) is 0 Å². The van der Waals surface area contributed by atoms with Crippen LogP contribution < -0.4 is 10.5 Å². The Kier molecular flexibility index (Phi) is 5.17. The average molecular weight is 457 g/mol. The lowest BCUT2D eigenvalue weighted by atomic mass is 10.0. The molecule has 6 rings (SSSR count). The molecule has 4 aromatic rings. The Morgan fingerprint density at radius 3 is 2.94 bits per heavy atom. The number of nitrogens with zero attached hydrogens (tertiary/aromatic N) is 5. The van der Waals surface area contributed by atoms with Crippen LogP contribution in [0.25, 0.3) is 10.9 Å². The van der Waals surface area contributed by atoms with Crippen LogP contribution in [0.5, 0.6) is 0 Å². The van der Waals surface area contributed by atoms with Gasteiger partial charge in [-0.2, -0.15) is 0 Å². The van der Waals surface area contributed by atoms with Gasteiger partial charge in [0.25, 0.3) is 5.56 Å². The number of aryl methyl sites for hydroxylation is 2. The van der Waals surface area contributed by atoms with E-state index in [9.17, 15) is 4.79 Å². The molecule has 8 heteroatoms. The third-order valence-electron chi connectivity index (χ3n) is 7.06. The van der Waals surface area contributed by atoms with E-state index in [0.29, 0.717) is 17.9 Å². The highest BCUT2D eigenvalue weighted by atomic mass is 16.5. The van der Waals surface area contributed by atoms with Crippen molar-refractivity contribution in [3.05, 3.63) is 80.9 Å². The van der Waals surface area contributed by atoms with E-state index in [1.807, 2.05) is 23.7 Å². The second-order valence-corrected chi connectivity index (χ2v) is 9.43. The smallest absolute Gasteiger partial charge is 0.254 e. The third kappa shape index (κ3) is 3.58. The summed E-state index contributed by atoms with van der Waals surface area (Å²) in [5.41, 5.74) is 6.03. The number of rotatable bonds is 5. The molecule has 1 N–H and O–H groups in total. The summed E-state index contributed by atoms with van der Waals surface area (Å²) in [4.78, 5) is 19.0. The maximum Gasteiger partial charge on any atom is 0.254 e. The molecule has 174 valence electrons. The van der Waals surface area contributed by atoms with Crippen LogP contribution in [-0.4, -0.2) is 44.4 Å². The van der Waals surface area contributed by atoms with Crippen LogP contribution in [0.3, 0.4) is 0 Å². The van der Waals surface area contributed by atoms with Gasteiger partial charge >= 0.3 is 0 Å². The third-order valence-corrected chi connectivity index (χ3v) is 7.06. The molecule has 4 heterocycles. The van der Waals surface area contributed by atoms with Gasteiger partial charge in [-0.15, -0.1) is 5.10 Å². The van der Waals surface area contributed by atoms with E-state index in [-0.39, 0.29) is 11.7 Å². The van der Waals surface area contributed by atoms with E-state index >= 15 is 0 Å². The van der Waals surface area contributed by atoms with E-state index in [2.05, 4.69) is 62.7 Å². The lowest BCUT2D eigenvalue weighted by Crippen LogP contribution is -2.35. The first-order valence-corrected chi connectivity index (χ1v) is 11.9. The second-order valence-electron chi connectivity index (χ2n) is 9.43. The molecule has 8 nitrogen and oxygen atoms in total. The Bertz CT molecular complexity index is 1420. The van der Waals surface area contributed by atoms with E-state index < -0.39 is 6.04 Å². The van der Waals surface area contributed by atoms with Gasteiger partial charge < -0.3 is 14.6 Å². The van der Waals surface area contributed by atoms with Crippen molar-refractivity contribution in [3.63, 3.8) is 0 Å². The Hall–Kier alpha value is -3.52. The summed E-state index contributed by atoms with van der Waals surface area (Å²) < 4.78 is 7.68. The van der Waals surface area contributed by atoms with Crippen LogP contribution >= 0.6 is 0 Å². The topological polar surface area (TPSA) is 88.9 Å². The average Bonchev–Trinajstić information content (AvgIpc) is 3.58. The van der Waals surface area contributed by atoms with E-state index in [1.165, 1.54) is 5.56 Å². The summed E-state index contributed by atoms with van der Waals surface area (Å²) in [6, 6.07) is 14.2. The van der Waals surface area contributed by atoms with Gasteiger partial charge in [0, 0.05) is 24.4 Å². The zero-order chi connectivity index (χ0) is 23.2. The lowest BCUT2D eigenvalue weighted by molar-refractivity contribution is 0.0924. The van der Waals surface area contributed by atoms with Gasteiger partial charge in [0.1, 0.15) is 6.04 Å². The molecule has 2 aliphatic rings. The number of H-pyrrole nitrogens is 1. The van der Waals surface area contributed by atoms with E-state index in [0.717, 1.165) is 60.1 Å². The van der Waals surface area contributed by atoms with Gasteiger partial charge in [0.05, 0.1) is 18.2 Å². The number of fused-ring (bicyclic) bond motifs is 2. The highest BCUT2D eigenvalue weighted by molar-refractivity contribution is 5.83. The number of pyridine rings is 1. The summed E-state index contributed by atoms with van der Waals surface area (Å²) in [6.45, 7) is 6.25.